The predicted molar refractivity (Wildman–Crippen MR) is 278 cm³/mol. The third-order valence-electron chi connectivity index (χ3n) is 13.1. The zero-order valence-corrected chi connectivity index (χ0v) is 36.7. The van der Waals surface area contributed by atoms with E-state index in [2.05, 4.69) is 215 Å². The minimum atomic E-state index is 0.643. The van der Waals surface area contributed by atoms with Crippen LogP contribution in [0.2, 0.25) is 0 Å². The molecule has 67 heavy (non-hydrogen) atoms. The number of para-hydroxylation sites is 2. The van der Waals surface area contributed by atoms with Crippen LogP contribution in [0.3, 0.4) is 0 Å². The maximum atomic E-state index is 5.40. The van der Waals surface area contributed by atoms with Crippen molar-refractivity contribution in [3.63, 3.8) is 0 Å². The summed E-state index contributed by atoms with van der Waals surface area (Å²) in [6.07, 6.45) is 0. The molecule has 5 heterocycles. The Hall–Kier alpha value is -8.78. The number of nitrogens with zero attached hydrogens (tertiary/aromatic N) is 6. The van der Waals surface area contributed by atoms with Gasteiger partial charge in [-0.2, -0.15) is 0 Å². The first kappa shape index (κ1) is 37.6. The number of thiophene rings is 1. The van der Waals surface area contributed by atoms with Crippen molar-refractivity contribution in [1.82, 2.24) is 29.1 Å². The van der Waals surface area contributed by atoms with Crippen LogP contribution in [-0.4, -0.2) is 29.1 Å². The summed E-state index contributed by atoms with van der Waals surface area (Å²) in [6.45, 7) is 0. The molecule has 7 heteroatoms. The van der Waals surface area contributed by atoms with E-state index in [0.717, 1.165) is 98.4 Å². The Morgan fingerprint density at radius 2 is 0.791 bits per heavy atom. The maximum Gasteiger partial charge on any atom is 0.235 e. The lowest BCUT2D eigenvalue weighted by atomic mass is 10.00. The van der Waals surface area contributed by atoms with E-state index in [1.165, 1.54) is 21.2 Å². The van der Waals surface area contributed by atoms with E-state index in [9.17, 15) is 0 Å². The van der Waals surface area contributed by atoms with Gasteiger partial charge in [0, 0.05) is 42.9 Å². The molecule has 0 aliphatic carbocycles. The van der Waals surface area contributed by atoms with Crippen molar-refractivity contribution in [3.8, 4) is 56.0 Å². The third-order valence-corrected chi connectivity index (χ3v) is 14.3. The van der Waals surface area contributed by atoms with Crippen LogP contribution in [-0.2, 0) is 0 Å². The van der Waals surface area contributed by atoms with Crippen LogP contribution >= 0.6 is 11.3 Å². The monoisotopic (exact) mass is 872 g/mol. The SMILES string of the molecule is c1ccc(-c2cc3nc(-n4c5ccccc5c5cc(-c6ccc7c(c6)c6cc8ccccc8cc6n7-c6nc(-c7ccccc7)c7ccccc7n6)ccc54)nc(-c4ccccc4)c3s2)cc1. The molecule has 0 aliphatic heterocycles. The van der Waals surface area contributed by atoms with Crippen molar-refractivity contribution >= 4 is 86.8 Å². The summed E-state index contributed by atoms with van der Waals surface area (Å²) in [5.41, 5.74) is 13.4. The first-order chi connectivity index (χ1) is 33.2. The first-order valence-electron chi connectivity index (χ1n) is 22.5. The Labute approximate surface area is 388 Å². The third kappa shape index (κ3) is 6.02. The highest BCUT2D eigenvalue weighted by Gasteiger charge is 2.22. The van der Waals surface area contributed by atoms with Gasteiger partial charge in [0.1, 0.15) is 0 Å². The molecule has 14 rings (SSSR count). The van der Waals surface area contributed by atoms with Crippen molar-refractivity contribution in [1.29, 1.82) is 0 Å². The second kappa shape index (κ2) is 14.9. The van der Waals surface area contributed by atoms with Gasteiger partial charge < -0.3 is 0 Å². The van der Waals surface area contributed by atoms with Crippen LogP contribution < -0.4 is 0 Å². The quantitative estimate of drug-likeness (QED) is 0.167. The zero-order valence-electron chi connectivity index (χ0n) is 35.9. The molecular weight excluding hydrogens is 837 g/mol. The molecule has 0 fully saturated rings. The molecule has 0 bridgehead atoms. The summed E-state index contributed by atoms with van der Waals surface area (Å²) in [7, 11) is 0. The van der Waals surface area contributed by atoms with E-state index in [1.807, 2.05) is 12.1 Å². The molecule has 312 valence electrons. The van der Waals surface area contributed by atoms with E-state index in [1.54, 1.807) is 11.3 Å². The molecule has 9 aromatic carbocycles. The van der Waals surface area contributed by atoms with Gasteiger partial charge in [0.05, 0.1) is 49.2 Å². The molecular formula is C60H36N6S. The summed E-state index contributed by atoms with van der Waals surface area (Å²) in [5, 5.41) is 7.95. The lowest BCUT2D eigenvalue weighted by Gasteiger charge is -2.12. The molecule has 6 nitrogen and oxygen atoms in total. The van der Waals surface area contributed by atoms with Crippen LogP contribution in [0.1, 0.15) is 0 Å². The highest BCUT2D eigenvalue weighted by molar-refractivity contribution is 7.22. The Bertz CT molecular complexity index is 4270. The lowest BCUT2D eigenvalue weighted by molar-refractivity contribution is 1.01. The second-order valence-corrected chi connectivity index (χ2v) is 18.1. The van der Waals surface area contributed by atoms with E-state index in [0.29, 0.717) is 11.9 Å². The van der Waals surface area contributed by atoms with E-state index >= 15 is 0 Å². The minimum Gasteiger partial charge on any atom is -0.278 e. The maximum absolute atomic E-state index is 5.40. The molecule has 14 aromatic rings. The van der Waals surface area contributed by atoms with E-state index in [-0.39, 0.29) is 0 Å². The summed E-state index contributed by atoms with van der Waals surface area (Å²) in [5.74, 6) is 1.29. The van der Waals surface area contributed by atoms with Crippen molar-refractivity contribution in [2.45, 2.75) is 0 Å². The van der Waals surface area contributed by atoms with Crippen molar-refractivity contribution in [2.24, 2.45) is 0 Å². The summed E-state index contributed by atoms with van der Waals surface area (Å²) in [6, 6.07) is 77.4. The second-order valence-electron chi connectivity index (χ2n) is 17.1. The van der Waals surface area contributed by atoms with Gasteiger partial charge in [0.15, 0.2) is 0 Å². The average molecular weight is 873 g/mol. The highest BCUT2D eigenvalue weighted by Crippen LogP contribution is 2.42. The van der Waals surface area contributed by atoms with Crippen molar-refractivity contribution in [3.05, 3.63) is 218 Å². The molecule has 0 spiro atoms. The molecule has 5 aromatic heterocycles. The molecule has 0 saturated heterocycles. The number of benzene rings is 9. The summed E-state index contributed by atoms with van der Waals surface area (Å²) >= 11 is 1.74. The Morgan fingerprint density at radius 3 is 1.49 bits per heavy atom. The zero-order chi connectivity index (χ0) is 44.0. The molecule has 0 radical (unpaired) electrons. The van der Waals surface area contributed by atoms with Gasteiger partial charge in [0.25, 0.3) is 0 Å². The van der Waals surface area contributed by atoms with Gasteiger partial charge in [0.2, 0.25) is 11.9 Å². The highest BCUT2D eigenvalue weighted by atomic mass is 32.1. The van der Waals surface area contributed by atoms with Gasteiger partial charge in [-0.3, -0.25) is 9.13 Å². The molecule has 0 amide bonds. The fourth-order valence-electron chi connectivity index (χ4n) is 10.0. The van der Waals surface area contributed by atoms with Crippen LogP contribution in [0.15, 0.2) is 218 Å². The molecule has 0 aliphatic rings. The minimum absolute atomic E-state index is 0.643. The number of rotatable bonds is 6. The molecule has 0 N–H and O–H groups in total. The van der Waals surface area contributed by atoms with Gasteiger partial charge in [-0.15, -0.1) is 11.3 Å². The number of hydrogen-bond acceptors (Lipinski definition) is 5. The van der Waals surface area contributed by atoms with Crippen LogP contribution in [0.4, 0.5) is 0 Å². The predicted octanol–water partition coefficient (Wildman–Crippen LogP) is 15.6. The summed E-state index contributed by atoms with van der Waals surface area (Å²) < 4.78 is 5.55. The normalized spacial score (nSPS) is 11.9. The average Bonchev–Trinajstić information content (AvgIpc) is 4.08. The smallest absolute Gasteiger partial charge is 0.235 e. The number of fused-ring (bicyclic) bond motifs is 9. The van der Waals surface area contributed by atoms with Gasteiger partial charge in [-0.1, -0.05) is 164 Å². The standard InChI is InChI=1S/C60H36N6S/c1-4-16-37(17-5-1)55-36-50-58(67-55)57(39-20-8-3-9-21-39)64-60(62-50)65-51-27-15-13-24-44(51)46-33-42(28-30-52(46)65)43-29-31-53-47(34-43)48-32-40-22-10-11-23-41(40)35-54(48)66(53)59-61-49-26-14-12-25-45(49)56(63-59)38-18-6-2-7-19-38/h1-36H. The van der Waals surface area contributed by atoms with Crippen LogP contribution in [0.5, 0.6) is 0 Å². The van der Waals surface area contributed by atoms with E-state index in [4.69, 9.17) is 19.9 Å². The topological polar surface area (TPSA) is 61.4 Å². The molecule has 0 saturated carbocycles. The summed E-state index contributed by atoms with van der Waals surface area (Å²) in [4.78, 5) is 22.5. The van der Waals surface area contributed by atoms with Gasteiger partial charge in [-0.05, 0) is 82.1 Å². The molecule has 0 unspecified atom stereocenters. The van der Waals surface area contributed by atoms with Crippen LogP contribution in [0, 0.1) is 0 Å². The van der Waals surface area contributed by atoms with Crippen molar-refractivity contribution in [2.75, 3.05) is 0 Å². The Kier molecular flexibility index (Phi) is 8.35. The lowest BCUT2D eigenvalue weighted by Crippen LogP contribution is -2.03. The Morgan fingerprint density at radius 1 is 0.299 bits per heavy atom. The number of aromatic nitrogens is 6. The Balaban J connectivity index is 0.962. The fraction of sp³-hybridized carbons (Fsp3) is 0. The van der Waals surface area contributed by atoms with Crippen molar-refractivity contribution < 1.29 is 0 Å². The van der Waals surface area contributed by atoms with Gasteiger partial charge >= 0.3 is 0 Å². The van der Waals surface area contributed by atoms with E-state index < -0.39 is 0 Å². The number of hydrogen-bond donors (Lipinski definition) is 0. The van der Waals surface area contributed by atoms with Crippen LogP contribution in [0.25, 0.3) is 131 Å². The largest absolute Gasteiger partial charge is 0.278 e. The molecule has 0 atom stereocenters. The first-order valence-corrected chi connectivity index (χ1v) is 23.3. The fourth-order valence-corrected chi connectivity index (χ4v) is 11.1. The van der Waals surface area contributed by atoms with Gasteiger partial charge in [-0.25, -0.2) is 19.9 Å².